The van der Waals surface area contributed by atoms with E-state index < -0.39 is 23.4 Å². The SMILES string of the molecule is COc1cc(C(N)=O)c(N=C(N)N=C(N)N)c(F)c1OC. The molecule has 0 saturated carbocycles. The summed E-state index contributed by atoms with van der Waals surface area (Å²) in [4.78, 5) is 18.5. The van der Waals surface area contributed by atoms with Gasteiger partial charge in [0, 0.05) is 0 Å². The minimum absolute atomic E-state index is 0.0249. The fourth-order valence-electron chi connectivity index (χ4n) is 1.51. The van der Waals surface area contributed by atoms with Gasteiger partial charge in [-0.25, -0.2) is 9.38 Å². The molecule has 0 heterocycles. The van der Waals surface area contributed by atoms with Crippen LogP contribution in [0.15, 0.2) is 16.1 Å². The number of halogens is 1. The normalized spacial score (nSPS) is 10.9. The molecule has 1 aromatic carbocycles. The van der Waals surface area contributed by atoms with E-state index in [1.54, 1.807) is 0 Å². The molecule has 0 bridgehead atoms. The second kappa shape index (κ2) is 6.41. The Balaban J connectivity index is 3.63. The van der Waals surface area contributed by atoms with Gasteiger partial charge in [0.05, 0.1) is 19.8 Å². The number of guanidine groups is 2. The molecule has 0 radical (unpaired) electrons. The van der Waals surface area contributed by atoms with E-state index in [-0.39, 0.29) is 23.0 Å². The monoisotopic (exact) mass is 298 g/mol. The van der Waals surface area contributed by atoms with Crippen LogP contribution in [0.5, 0.6) is 11.5 Å². The number of primary amides is 1. The third-order valence-corrected chi connectivity index (χ3v) is 2.32. The van der Waals surface area contributed by atoms with Crippen LogP contribution in [0.2, 0.25) is 0 Å². The van der Waals surface area contributed by atoms with Gasteiger partial charge in [0.2, 0.25) is 5.96 Å². The molecule has 0 saturated heterocycles. The number of benzene rings is 1. The predicted octanol–water partition coefficient (Wildman–Crippen LogP) is -0.839. The molecule has 9 nitrogen and oxygen atoms in total. The van der Waals surface area contributed by atoms with Crippen LogP contribution in [-0.4, -0.2) is 32.0 Å². The van der Waals surface area contributed by atoms with Crippen LogP contribution < -0.4 is 32.4 Å². The molecule has 0 aliphatic carbocycles. The summed E-state index contributed by atoms with van der Waals surface area (Å²) in [6.45, 7) is 0. The van der Waals surface area contributed by atoms with E-state index in [1.165, 1.54) is 20.3 Å². The minimum Gasteiger partial charge on any atom is -0.493 e. The Hall–Kier alpha value is -3.04. The molecule has 21 heavy (non-hydrogen) atoms. The molecule has 0 spiro atoms. The topological polar surface area (TPSA) is 164 Å². The van der Waals surface area contributed by atoms with Gasteiger partial charge in [-0.15, -0.1) is 0 Å². The standard InChI is InChI=1S/C11H15FN6O3/c1-20-5-3-4(9(13)19)7(6(12)8(5)21-2)17-11(16)18-10(14)15/h3H,1-2H3,(H2,13,19)(H6,14,15,16,17,18). The summed E-state index contributed by atoms with van der Waals surface area (Å²) in [7, 11) is 2.50. The maximum atomic E-state index is 14.4. The lowest BCUT2D eigenvalue weighted by atomic mass is 10.1. The van der Waals surface area contributed by atoms with Crippen LogP contribution in [0.1, 0.15) is 10.4 Å². The Morgan fingerprint density at radius 2 is 1.81 bits per heavy atom. The maximum Gasteiger partial charge on any atom is 0.251 e. The van der Waals surface area contributed by atoms with Crippen LogP contribution in [0.4, 0.5) is 10.1 Å². The van der Waals surface area contributed by atoms with Crippen molar-refractivity contribution in [2.24, 2.45) is 32.9 Å². The first kappa shape index (κ1) is 16.0. The number of aliphatic imine (C=N–C) groups is 2. The Morgan fingerprint density at radius 1 is 1.19 bits per heavy atom. The molecule has 1 aromatic rings. The van der Waals surface area contributed by atoms with Crippen molar-refractivity contribution in [3.63, 3.8) is 0 Å². The van der Waals surface area contributed by atoms with E-state index in [4.69, 9.17) is 32.4 Å². The van der Waals surface area contributed by atoms with E-state index in [1.807, 2.05) is 0 Å². The quantitative estimate of drug-likeness (QED) is 0.418. The molecular weight excluding hydrogens is 283 g/mol. The average Bonchev–Trinajstić information content (AvgIpc) is 2.39. The molecular formula is C11H15FN6O3. The third kappa shape index (κ3) is 3.49. The van der Waals surface area contributed by atoms with Gasteiger partial charge in [-0.05, 0) is 6.07 Å². The fraction of sp³-hybridized carbons (Fsp3) is 0.182. The summed E-state index contributed by atoms with van der Waals surface area (Å²) in [5.41, 5.74) is 20.1. The van der Waals surface area contributed by atoms with E-state index in [0.717, 1.165) is 0 Å². The zero-order valence-electron chi connectivity index (χ0n) is 11.4. The molecule has 1 amide bonds. The molecule has 114 valence electrons. The number of hydrogen-bond donors (Lipinski definition) is 4. The number of ether oxygens (including phenoxy) is 2. The number of hydrogen-bond acceptors (Lipinski definition) is 4. The molecule has 0 unspecified atom stereocenters. The van der Waals surface area contributed by atoms with Gasteiger partial charge < -0.3 is 32.4 Å². The molecule has 8 N–H and O–H groups in total. The summed E-state index contributed by atoms with van der Waals surface area (Å²) < 4.78 is 24.1. The Labute approximate surface area is 119 Å². The van der Waals surface area contributed by atoms with Crippen molar-refractivity contribution >= 4 is 23.5 Å². The number of methoxy groups -OCH3 is 2. The molecule has 0 fully saturated rings. The van der Waals surface area contributed by atoms with Gasteiger partial charge in [0.15, 0.2) is 23.3 Å². The second-order valence-corrected chi connectivity index (χ2v) is 3.69. The highest BCUT2D eigenvalue weighted by molar-refractivity contribution is 6.01. The minimum atomic E-state index is -0.987. The Bertz CT molecular complexity index is 625. The van der Waals surface area contributed by atoms with Crippen LogP contribution in [0.3, 0.4) is 0 Å². The van der Waals surface area contributed by atoms with E-state index >= 15 is 0 Å². The lowest BCUT2D eigenvalue weighted by Gasteiger charge is -2.12. The van der Waals surface area contributed by atoms with E-state index in [0.29, 0.717) is 0 Å². The molecule has 0 aliphatic rings. The summed E-state index contributed by atoms with van der Waals surface area (Å²) in [6, 6.07) is 1.17. The maximum absolute atomic E-state index is 14.4. The zero-order valence-corrected chi connectivity index (χ0v) is 11.4. The highest BCUT2D eigenvalue weighted by Crippen LogP contribution is 2.38. The smallest absolute Gasteiger partial charge is 0.251 e. The lowest BCUT2D eigenvalue weighted by Crippen LogP contribution is -2.26. The first-order valence-electron chi connectivity index (χ1n) is 5.49. The number of rotatable bonds is 4. The van der Waals surface area contributed by atoms with Crippen LogP contribution in [0, 0.1) is 5.82 Å². The van der Waals surface area contributed by atoms with Crippen molar-refractivity contribution in [3.05, 3.63) is 17.4 Å². The number of nitrogens with zero attached hydrogens (tertiary/aromatic N) is 2. The second-order valence-electron chi connectivity index (χ2n) is 3.69. The van der Waals surface area contributed by atoms with Crippen molar-refractivity contribution in [2.75, 3.05) is 14.2 Å². The Morgan fingerprint density at radius 3 is 2.24 bits per heavy atom. The number of nitrogens with two attached hydrogens (primary N) is 4. The fourth-order valence-corrected chi connectivity index (χ4v) is 1.51. The van der Waals surface area contributed by atoms with Crippen molar-refractivity contribution in [3.8, 4) is 11.5 Å². The molecule has 0 aliphatic heterocycles. The first-order valence-corrected chi connectivity index (χ1v) is 5.49. The zero-order chi connectivity index (χ0) is 16.2. The van der Waals surface area contributed by atoms with Crippen LogP contribution in [-0.2, 0) is 0 Å². The summed E-state index contributed by atoms with van der Waals surface area (Å²) in [5.74, 6) is -3.05. The van der Waals surface area contributed by atoms with Gasteiger partial charge >= 0.3 is 0 Å². The van der Waals surface area contributed by atoms with Crippen LogP contribution >= 0.6 is 0 Å². The van der Waals surface area contributed by atoms with Crippen molar-refractivity contribution in [2.45, 2.75) is 0 Å². The Kier molecular flexibility index (Phi) is 4.89. The first-order chi connectivity index (χ1) is 9.81. The van der Waals surface area contributed by atoms with Gasteiger partial charge in [-0.2, -0.15) is 4.99 Å². The van der Waals surface area contributed by atoms with Gasteiger partial charge in [0.1, 0.15) is 5.69 Å². The average molecular weight is 298 g/mol. The highest BCUT2D eigenvalue weighted by atomic mass is 19.1. The molecule has 0 atom stereocenters. The summed E-state index contributed by atoms with van der Waals surface area (Å²) >= 11 is 0. The number of amides is 1. The largest absolute Gasteiger partial charge is 0.493 e. The number of carbonyl (C=O) groups is 1. The predicted molar refractivity (Wildman–Crippen MR) is 75.1 cm³/mol. The van der Waals surface area contributed by atoms with Crippen molar-refractivity contribution < 1.29 is 18.7 Å². The summed E-state index contributed by atoms with van der Waals surface area (Å²) in [6.07, 6.45) is 0. The van der Waals surface area contributed by atoms with Gasteiger partial charge in [0.25, 0.3) is 5.91 Å². The van der Waals surface area contributed by atoms with Gasteiger partial charge in [-0.1, -0.05) is 0 Å². The van der Waals surface area contributed by atoms with E-state index in [9.17, 15) is 9.18 Å². The molecule has 10 heteroatoms. The molecule has 1 rings (SSSR count). The highest BCUT2D eigenvalue weighted by Gasteiger charge is 2.22. The third-order valence-electron chi connectivity index (χ3n) is 2.32. The van der Waals surface area contributed by atoms with E-state index in [2.05, 4.69) is 9.98 Å². The van der Waals surface area contributed by atoms with Crippen molar-refractivity contribution in [1.82, 2.24) is 0 Å². The van der Waals surface area contributed by atoms with Gasteiger partial charge in [-0.3, -0.25) is 4.79 Å². The lowest BCUT2D eigenvalue weighted by molar-refractivity contribution is 0.1000. The van der Waals surface area contributed by atoms with Crippen LogP contribution in [0.25, 0.3) is 0 Å². The molecule has 0 aromatic heterocycles. The van der Waals surface area contributed by atoms with Crippen molar-refractivity contribution in [1.29, 1.82) is 0 Å². The summed E-state index contributed by atoms with van der Waals surface area (Å²) in [5, 5.41) is 0. The number of carbonyl (C=O) groups excluding carboxylic acids is 1.